The highest BCUT2D eigenvalue weighted by molar-refractivity contribution is 6.42. The van der Waals surface area contributed by atoms with Crippen molar-refractivity contribution in [3.8, 4) is 11.3 Å². The number of rotatable bonds is 4. The molecule has 0 aliphatic carbocycles. The van der Waals surface area contributed by atoms with Gasteiger partial charge in [0.15, 0.2) is 0 Å². The van der Waals surface area contributed by atoms with E-state index in [4.69, 9.17) is 27.6 Å². The summed E-state index contributed by atoms with van der Waals surface area (Å²) in [6.07, 6.45) is 1.33. The summed E-state index contributed by atoms with van der Waals surface area (Å²) in [5, 5.41) is 10.8. The number of halogens is 2. The van der Waals surface area contributed by atoms with Crippen LogP contribution in [-0.2, 0) is 9.59 Å². The zero-order chi connectivity index (χ0) is 22.3. The van der Waals surface area contributed by atoms with Crippen LogP contribution in [0, 0.1) is 6.92 Å². The van der Waals surface area contributed by atoms with Crippen molar-refractivity contribution in [2.24, 2.45) is 0 Å². The number of carbonyl (C=O) groups excluding carboxylic acids is 2. The fraction of sp³-hybridized carbons (Fsp3) is 0.0455. The van der Waals surface area contributed by atoms with Crippen LogP contribution in [0.25, 0.3) is 17.4 Å². The van der Waals surface area contributed by atoms with Crippen LogP contribution in [0.4, 0.5) is 5.69 Å². The molecule has 0 spiro atoms. The second-order valence-electron chi connectivity index (χ2n) is 6.77. The van der Waals surface area contributed by atoms with E-state index in [1.807, 2.05) is 6.92 Å². The molecule has 9 heteroatoms. The van der Waals surface area contributed by atoms with Gasteiger partial charge in [0, 0.05) is 5.56 Å². The summed E-state index contributed by atoms with van der Waals surface area (Å²) in [5.74, 6) is -1.54. The number of aryl methyl sites for hydroxylation is 1. The number of furan rings is 1. The summed E-state index contributed by atoms with van der Waals surface area (Å²) in [7, 11) is 0. The molecule has 1 fully saturated rings. The van der Waals surface area contributed by atoms with E-state index in [0.29, 0.717) is 22.0 Å². The van der Waals surface area contributed by atoms with E-state index >= 15 is 0 Å². The quantitative estimate of drug-likeness (QED) is 0.436. The molecule has 1 saturated heterocycles. The maximum absolute atomic E-state index is 12.8. The Kier molecular flexibility index (Phi) is 5.31. The third-order valence-electron chi connectivity index (χ3n) is 4.72. The molecule has 0 unspecified atom stereocenters. The number of carboxylic acid groups (broad SMARTS) is 1. The highest BCUT2D eigenvalue weighted by atomic mass is 35.5. The predicted octanol–water partition coefficient (Wildman–Crippen LogP) is 4.72. The average molecular weight is 457 g/mol. The van der Waals surface area contributed by atoms with E-state index in [2.05, 4.69) is 5.43 Å². The molecule has 2 N–H and O–H groups in total. The number of amides is 2. The Bertz CT molecular complexity index is 1280. The largest absolute Gasteiger partial charge is 0.478 e. The average Bonchev–Trinajstić information content (AvgIpc) is 3.30. The third-order valence-corrected chi connectivity index (χ3v) is 5.46. The molecule has 2 heterocycles. The Balaban J connectivity index is 1.64. The molecular formula is C22H14Cl2N2O5. The third kappa shape index (κ3) is 3.93. The molecule has 0 atom stereocenters. The van der Waals surface area contributed by atoms with Gasteiger partial charge in [-0.15, -0.1) is 0 Å². The van der Waals surface area contributed by atoms with Crippen molar-refractivity contribution in [2.75, 3.05) is 5.01 Å². The summed E-state index contributed by atoms with van der Waals surface area (Å²) in [6, 6.07) is 12.5. The lowest BCUT2D eigenvalue weighted by atomic mass is 10.0. The number of hydrogen-bond donors (Lipinski definition) is 2. The van der Waals surface area contributed by atoms with Gasteiger partial charge >= 0.3 is 5.97 Å². The van der Waals surface area contributed by atoms with Crippen molar-refractivity contribution < 1.29 is 23.9 Å². The lowest BCUT2D eigenvalue weighted by Gasteiger charge is -2.15. The maximum Gasteiger partial charge on any atom is 0.335 e. The molecule has 156 valence electrons. The summed E-state index contributed by atoms with van der Waals surface area (Å²) in [6.45, 7) is 1.82. The Morgan fingerprint density at radius 2 is 1.84 bits per heavy atom. The van der Waals surface area contributed by atoms with Gasteiger partial charge in [-0.3, -0.25) is 15.0 Å². The van der Waals surface area contributed by atoms with Crippen LogP contribution in [0.1, 0.15) is 21.7 Å². The van der Waals surface area contributed by atoms with Gasteiger partial charge in [0.2, 0.25) is 0 Å². The monoisotopic (exact) mass is 456 g/mol. The first-order chi connectivity index (χ1) is 14.7. The van der Waals surface area contributed by atoms with Crippen LogP contribution in [0.2, 0.25) is 10.0 Å². The second-order valence-corrected chi connectivity index (χ2v) is 7.59. The van der Waals surface area contributed by atoms with Crippen LogP contribution in [0.5, 0.6) is 0 Å². The second kappa shape index (κ2) is 7.94. The fourth-order valence-electron chi connectivity index (χ4n) is 3.10. The predicted molar refractivity (Wildman–Crippen MR) is 116 cm³/mol. The number of hydrogen-bond acceptors (Lipinski definition) is 4. The molecule has 2 amide bonds. The number of nitrogens with zero attached hydrogens (tertiary/aromatic N) is 1. The van der Waals surface area contributed by atoms with Gasteiger partial charge in [-0.1, -0.05) is 29.3 Å². The molecule has 2 aromatic carbocycles. The van der Waals surface area contributed by atoms with Crippen molar-refractivity contribution in [2.45, 2.75) is 6.92 Å². The molecule has 1 aliphatic heterocycles. The topological polar surface area (TPSA) is 99.8 Å². The molecule has 31 heavy (non-hydrogen) atoms. The Hall–Kier alpha value is -3.55. The van der Waals surface area contributed by atoms with Crippen molar-refractivity contribution >= 4 is 52.7 Å². The van der Waals surface area contributed by atoms with E-state index in [1.165, 1.54) is 30.3 Å². The number of anilines is 1. The van der Waals surface area contributed by atoms with Crippen molar-refractivity contribution in [3.05, 3.63) is 81.0 Å². The number of carbonyl (C=O) groups is 3. The highest BCUT2D eigenvalue weighted by Crippen LogP contribution is 2.31. The zero-order valence-electron chi connectivity index (χ0n) is 16.0. The Labute approximate surface area is 186 Å². The van der Waals surface area contributed by atoms with E-state index in [1.54, 1.807) is 24.3 Å². The minimum absolute atomic E-state index is 0.122. The molecule has 3 aromatic rings. The van der Waals surface area contributed by atoms with Gasteiger partial charge in [-0.25, -0.2) is 9.80 Å². The SMILES string of the molecule is Cc1ccc(C(=O)O)cc1-c1ccc(C=C2C(=O)NN(c3ccc(Cl)c(Cl)c3)C2=O)o1. The van der Waals surface area contributed by atoms with Crippen molar-refractivity contribution in [1.29, 1.82) is 0 Å². The molecule has 0 saturated carbocycles. The normalized spacial score (nSPS) is 14.9. The first-order valence-electron chi connectivity index (χ1n) is 9.01. The van der Waals surface area contributed by atoms with Crippen LogP contribution in [0.3, 0.4) is 0 Å². The van der Waals surface area contributed by atoms with E-state index < -0.39 is 17.8 Å². The van der Waals surface area contributed by atoms with Gasteiger partial charge in [0.1, 0.15) is 17.1 Å². The van der Waals surface area contributed by atoms with Crippen LogP contribution in [-0.4, -0.2) is 22.9 Å². The molecule has 0 bridgehead atoms. The van der Waals surface area contributed by atoms with Crippen molar-refractivity contribution in [3.63, 3.8) is 0 Å². The fourth-order valence-corrected chi connectivity index (χ4v) is 3.39. The molecule has 1 aromatic heterocycles. The van der Waals surface area contributed by atoms with Gasteiger partial charge < -0.3 is 9.52 Å². The highest BCUT2D eigenvalue weighted by Gasteiger charge is 2.35. The minimum atomic E-state index is -1.05. The van der Waals surface area contributed by atoms with E-state index in [-0.39, 0.29) is 21.9 Å². The molecule has 0 radical (unpaired) electrons. The Morgan fingerprint density at radius 3 is 2.55 bits per heavy atom. The van der Waals surface area contributed by atoms with Gasteiger partial charge in [0.25, 0.3) is 11.8 Å². The minimum Gasteiger partial charge on any atom is -0.478 e. The zero-order valence-corrected chi connectivity index (χ0v) is 17.5. The van der Waals surface area contributed by atoms with Gasteiger partial charge in [-0.2, -0.15) is 0 Å². The van der Waals surface area contributed by atoms with Crippen LogP contribution >= 0.6 is 23.2 Å². The first-order valence-corrected chi connectivity index (χ1v) is 9.76. The van der Waals surface area contributed by atoms with Gasteiger partial charge in [0.05, 0.1) is 21.3 Å². The summed E-state index contributed by atoms with van der Waals surface area (Å²) >= 11 is 11.9. The van der Waals surface area contributed by atoms with Crippen LogP contribution < -0.4 is 10.4 Å². The number of hydrazine groups is 1. The Morgan fingerprint density at radius 1 is 1.06 bits per heavy atom. The smallest absolute Gasteiger partial charge is 0.335 e. The summed E-state index contributed by atoms with van der Waals surface area (Å²) in [5.41, 5.74) is 4.25. The molecular weight excluding hydrogens is 443 g/mol. The van der Waals surface area contributed by atoms with Gasteiger partial charge in [-0.05, 0) is 61.0 Å². The lowest BCUT2D eigenvalue weighted by molar-refractivity contribution is -0.117. The maximum atomic E-state index is 12.8. The molecule has 7 nitrogen and oxygen atoms in total. The number of nitrogens with one attached hydrogen (secondary N) is 1. The molecule has 4 rings (SSSR count). The summed E-state index contributed by atoms with van der Waals surface area (Å²) in [4.78, 5) is 36.4. The number of carboxylic acids is 1. The number of aromatic carboxylic acids is 1. The first kappa shape index (κ1) is 20.7. The van der Waals surface area contributed by atoms with E-state index in [0.717, 1.165) is 10.6 Å². The van der Waals surface area contributed by atoms with Crippen molar-refractivity contribution in [1.82, 2.24) is 5.43 Å². The standard InChI is InChI=1S/C22H14Cl2N2O5/c1-11-2-3-12(22(29)30)8-15(11)19-7-5-14(31-19)10-16-20(27)25-26(21(16)28)13-4-6-17(23)18(24)9-13/h2-10H,1H3,(H,25,27)(H,29,30). The summed E-state index contributed by atoms with van der Waals surface area (Å²) < 4.78 is 5.76. The molecule has 1 aliphatic rings. The van der Waals surface area contributed by atoms with Crippen LogP contribution in [0.15, 0.2) is 58.5 Å². The van der Waals surface area contributed by atoms with E-state index in [9.17, 15) is 19.5 Å². The lowest BCUT2D eigenvalue weighted by Crippen LogP contribution is -2.35. The number of benzene rings is 2.